The monoisotopic (exact) mass is 253 g/mol. The highest BCUT2D eigenvalue weighted by molar-refractivity contribution is 5.37. The highest BCUT2D eigenvalue weighted by Gasteiger charge is 2.43. The fourth-order valence-corrected chi connectivity index (χ4v) is 1.33. The van der Waals surface area contributed by atoms with E-state index in [1.54, 1.807) is 0 Å². The van der Waals surface area contributed by atoms with Gasteiger partial charge < -0.3 is 15.6 Å². The molecule has 7 heteroatoms. The second-order valence-electron chi connectivity index (χ2n) is 3.40. The molecular formula is C10H11F4NO2. The van der Waals surface area contributed by atoms with Crippen molar-refractivity contribution in [2.24, 2.45) is 5.73 Å². The Bertz CT molecular complexity index is 394. The molecule has 1 aromatic rings. The predicted molar refractivity (Wildman–Crippen MR) is 51.9 cm³/mol. The molecule has 3 N–H and O–H groups in total. The maximum Gasteiger partial charge on any atom is 0.416 e. The molecular weight excluding hydrogens is 242 g/mol. The van der Waals surface area contributed by atoms with Crippen LogP contribution in [0.3, 0.4) is 0 Å². The van der Waals surface area contributed by atoms with Gasteiger partial charge in [-0.1, -0.05) is 6.07 Å². The standard InChI is InChI=1S/C10H11F4NO2/c1-17-7-4-5(11)2-3-6(7)8(15)9(16)10(12,13)14/h2-4,8-9,16H,15H2,1H3/t8-,9-/m0/s1. The van der Waals surface area contributed by atoms with Crippen molar-refractivity contribution in [3.63, 3.8) is 0 Å². The molecule has 96 valence electrons. The zero-order valence-electron chi connectivity index (χ0n) is 8.83. The molecule has 0 heterocycles. The number of halogens is 4. The number of aliphatic hydroxyl groups excluding tert-OH is 1. The Morgan fingerprint density at radius 1 is 1.35 bits per heavy atom. The smallest absolute Gasteiger partial charge is 0.416 e. The van der Waals surface area contributed by atoms with Gasteiger partial charge in [0.15, 0.2) is 6.10 Å². The third-order valence-electron chi connectivity index (χ3n) is 2.23. The van der Waals surface area contributed by atoms with E-state index in [0.29, 0.717) is 0 Å². The molecule has 0 aliphatic rings. The van der Waals surface area contributed by atoms with Crippen LogP contribution in [0.5, 0.6) is 5.75 Å². The van der Waals surface area contributed by atoms with Crippen LogP contribution in [0.4, 0.5) is 17.6 Å². The Balaban J connectivity index is 3.08. The summed E-state index contributed by atoms with van der Waals surface area (Å²) < 4.78 is 54.3. The number of benzene rings is 1. The van der Waals surface area contributed by atoms with Crippen LogP contribution in [-0.4, -0.2) is 24.5 Å². The highest BCUT2D eigenvalue weighted by atomic mass is 19.4. The van der Waals surface area contributed by atoms with E-state index in [1.807, 2.05) is 0 Å². The van der Waals surface area contributed by atoms with Crippen LogP contribution < -0.4 is 10.5 Å². The molecule has 1 aromatic carbocycles. The number of alkyl halides is 3. The van der Waals surface area contributed by atoms with Gasteiger partial charge >= 0.3 is 6.18 Å². The molecule has 0 aliphatic heterocycles. The van der Waals surface area contributed by atoms with Gasteiger partial charge in [0.2, 0.25) is 0 Å². The van der Waals surface area contributed by atoms with Gasteiger partial charge in [0.25, 0.3) is 0 Å². The number of hydrogen-bond acceptors (Lipinski definition) is 3. The Morgan fingerprint density at radius 3 is 2.41 bits per heavy atom. The maximum absolute atomic E-state index is 12.8. The van der Waals surface area contributed by atoms with E-state index in [4.69, 9.17) is 15.6 Å². The molecule has 0 aromatic heterocycles. The van der Waals surface area contributed by atoms with Crippen molar-refractivity contribution in [1.82, 2.24) is 0 Å². The molecule has 3 nitrogen and oxygen atoms in total. The fourth-order valence-electron chi connectivity index (χ4n) is 1.33. The third-order valence-corrected chi connectivity index (χ3v) is 2.23. The molecule has 0 aliphatic carbocycles. The molecule has 2 atom stereocenters. The topological polar surface area (TPSA) is 55.5 Å². The van der Waals surface area contributed by atoms with Gasteiger partial charge in [0, 0.05) is 11.6 Å². The van der Waals surface area contributed by atoms with Crippen LogP contribution >= 0.6 is 0 Å². The Kier molecular flexibility index (Phi) is 3.94. The molecule has 17 heavy (non-hydrogen) atoms. The average molecular weight is 253 g/mol. The van der Waals surface area contributed by atoms with Crippen LogP contribution in [0.25, 0.3) is 0 Å². The molecule has 0 radical (unpaired) electrons. The maximum atomic E-state index is 12.8. The van der Waals surface area contributed by atoms with Crippen molar-refractivity contribution >= 4 is 0 Å². The summed E-state index contributed by atoms with van der Waals surface area (Å²) in [5.41, 5.74) is 5.17. The van der Waals surface area contributed by atoms with E-state index in [1.165, 1.54) is 7.11 Å². The number of nitrogens with two attached hydrogens (primary N) is 1. The molecule has 0 unspecified atom stereocenters. The zero-order valence-corrected chi connectivity index (χ0v) is 8.83. The SMILES string of the molecule is COc1cc(F)ccc1[C@H](N)[C@H](O)C(F)(F)F. The lowest BCUT2D eigenvalue weighted by molar-refractivity contribution is -0.210. The van der Waals surface area contributed by atoms with Gasteiger partial charge in [-0.2, -0.15) is 13.2 Å². The third kappa shape index (κ3) is 3.07. The second kappa shape index (κ2) is 4.89. The molecule has 0 spiro atoms. The summed E-state index contributed by atoms with van der Waals surface area (Å²) in [5, 5.41) is 9.00. The van der Waals surface area contributed by atoms with Gasteiger partial charge in [-0.25, -0.2) is 4.39 Å². The largest absolute Gasteiger partial charge is 0.496 e. The van der Waals surface area contributed by atoms with Crippen molar-refractivity contribution in [2.75, 3.05) is 7.11 Å². The lowest BCUT2D eigenvalue weighted by Crippen LogP contribution is -2.39. The zero-order chi connectivity index (χ0) is 13.2. The van der Waals surface area contributed by atoms with Crippen LogP contribution in [0.1, 0.15) is 11.6 Å². The minimum Gasteiger partial charge on any atom is -0.496 e. The number of hydrogen-bond donors (Lipinski definition) is 2. The first-order chi connectivity index (χ1) is 7.77. The predicted octanol–water partition coefficient (Wildman–Crippen LogP) is 1.76. The minimum absolute atomic E-state index is 0.112. The molecule has 0 amide bonds. The van der Waals surface area contributed by atoms with Gasteiger partial charge in [0.1, 0.15) is 11.6 Å². The van der Waals surface area contributed by atoms with Crippen molar-refractivity contribution < 1.29 is 27.4 Å². The van der Waals surface area contributed by atoms with Crippen molar-refractivity contribution in [3.8, 4) is 5.75 Å². The number of ether oxygens (including phenoxy) is 1. The summed E-state index contributed by atoms with van der Waals surface area (Å²) in [6.45, 7) is 0. The first kappa shape index (κ1) is 13.7. The summed E-state index contributed by atoms with van der Waals surface area (Å²) in [4.78, 5) is 0. The summed E-state index contributed by atoms with van der Waals surface area (Å²) in [7, 11) is 1.17. The molecule has 0 saturated heterocycles. The quantitative estimate of drug-likeness (QED) is 0.807. The summed E-state index contributed by atoms with van der Waals surface area (Å²) >= 11 is 0. The van der Waals surface area contributed by atoms with Crippen LogP contribution in [0.15, 0.2) is 18.2 Å². The molecule has 0 bridgehead atoms. The summed E-state index contributed by atoms with van der Waals surface area (Å²) in [6.07, 6.45) is -7.58. The van der Waals surface area contributed by atoms with E-state index >= 15 is 0 Å². The number of rotatable bonds is 3. The molecule has 1 rings (SSSR count). The van der Waals surface area contributed by atoms with E-state index in [2.05, 4.69) is 0 Å². The minimum atomic E-state index is -4.85. The Hall–Kier alpha value is -1.34. The first-order valence-electron chi connectivity index (χ1n) is 4.61. The van der Waals surface area contributed by atoms with Gasteiger partial charge in [0.05, 0.1) is 13.2 Å². The second-order valence-corrected chi connectivity index (χ2v) is 3.40. The van der Waals surface area contributed by atoms with E-state index < -0.39 is 24.1 Å². The summed E-state index contributed by atoms with van der Waals surface area (Å²) in [5.74, 6) is -0.805. The van der Waals surface area contributed by atoms with Crippen LogP contribution in [0.2, 0.25) is 0 Å². The van der Waals surface area contributed by atoms with E-state index in [-0.39, 0.29) is 11.3 Å². The molecule has 0 fully saturated rings. The van der Waals surface area contributed by atoms with Crippen molar-refractivity contribution in [3.05, 3.63) is 29.6 Å². The Morgan fingerprint density at radius 2 is 1.94 bits per heavy atom. The Labute approximate surface area is 94.8 Å². The lowest BCUT2D eigenvalue weighted by atomic mass is 10.0. The lowest BCUT2D eigenvalue weighted by Gasteiger charge is -2.23. The van der Waals surface area contributed by atoms with Gasteiger partial charge in [-0.05, 0) is 6.07 Å². The average Bonchev–Trinajstić information content (AvgIpc) is 2.25. The van der Waals surface area contributed by atoms with Gasteiger partial charge in [-0.3, -0.25) is 0 Å². The van der Waals surface area contributed by atoms with Crippen LogP contribution in [0, 0.1) is 5.82 Å². The van der Waals surface area contributed by atoms with Gasteiger partial charge in [-0.15, -0.1) is 0 Å². The highest BCUT2D eigenvalue weighted by Crippen LogP contribution is 2.33. The van der Waals surface area contributed by atoms with Crippen LogP contribution in [-0.2, 0) is 0 Å². The number of aliphatic hydroxyl groups is 1. The first-order valence-corrected chi connectivity index (χ1v) is 4.61. The van der Waals surface area contributed by atoms with E-state index in [9.17, 15) is 17.6 Å². The normalized spacial score (nSPS) is 15.5. The number of methoxy groups -OCH3 is 1. The molecule has 0 saturated carbocycles. The fraction of sp³-hybridized carbons (Fsp3) is 0.400. The van der Waals surface area contributed by atoms with Crippen molar-refractivity contribution in [1.29, 1.82) is 0 Å². The van der Waals surface area contributed by atoms with Crippen molar-refractivity contribution in [2.45, 2.75) is 18.3 Å². The van der Waals surface area contributed by atoms with E-state index in [0.717, 1.165) is 18.2 Å². The summed E-state index contributed by atoms with van der Waals surface area (Å²) in [6, 6.07) is 1.16.